The van der Waals surface area contributed by atoms with Gasteiger partial charge in [-0.15, -0.1) is 0 Å². The van der Waals surface area contributed by atoms with Crippen molar-refractivity contribution in [1.29, 1.82) is 0 Å². The van der Waals surface area contributed by atoms with Gasteiger partial charge in [0.05, 0.1) is 11.5 Å². The van der Waals surface area contributed by atoms with Crippen LogP contribution in [0.15, 0.2) is 36.7 Å². The highest BCUT2D eigenvalue weighted by molar-refractivity contribution is 7.91. The van der Waals surface area contributed by atoms with E-state index >= 15 is 0 Å². The first kappa shape index (κ1) is 15.0. The minimum Gasteiger partial charge on any atom is -0.335 e. The summed E-state index contributed by atoms with van der Waals surface area (Å²) in [5.41, 5.74) is 0.603. The average molecular weight is 318 g/mol. The molecule has 0 saturated carbocycles. The molecule has 0 bridgehead atoms. The quantitative estimate of drug-likeness (QED) is 0.805. The Hall–Kier alpha value is -1.95. The highest BCUT2D eigenvalue weighted by atomic mass is 32.2. The number of aromatic nitrogens is 1. The molecule has 6 heteroatoms. The fourth-order valence-corrected chi connectivity index (χ4v) is 4.21. The van der Waals surface area contributed by atoms with Gasteiger partial charge in [0.2, 0.25) is 0 Å². The number of pyridine rings is 1. The Kier molecular flexibility index (Phi) is 3.87. The Labute approximate surface area is 129 Å². The molecule has 5 nitrogen and oxygen atoms in total. The van der Waals surface area contributed by atoms with E-state index < -0.39 is 9.84 Å². The minimum absolute atomic E-state index is 0.0371. The number of nitrogens with zero attached hydrogens (tertiary/aromatic N) is 2. The van der Waals surface area contributed by atoms with Crippen LogP contribution in [0.5, 0.6) is 0 Å². The van der Waals surface area contributed by atoms with Crippen molar-refractivity contribution in [1.82, 2.24) is 9.88 Å². The number of rotatable bonds is 1. The Morgan fingerprint density at radius 3 is 2.91 bits per heavy atom. The van der Waals surface area contributed by atoms with Crippen LogP contribution in [0, 0.1) is 0 Å². The van der Waals surface area contributed by atoms with Gasteiger partial charge in [0.1, 0.15) is 0 Å². The van der Waals surface area contributed by atoms with Gasteiger partial charge in [-0.2, -0.15) is 0 Å². The van der Waals surface area contributed by atoms with Crippen LogP contribution in [-0.4, -0.2) is 48.3 Å². The molecule has 1 aromatic heterocycles. The number of carbonyl (C=O) groups excluding carboxylic acids is 1. The van der Waals surface area contributed by atoms with Crippen LogP contribution in [0.1, 0.15) is 23.7 Å². The Morgan fingerprint density at radius 2 is 2.09 bits per heavy atom. The van der Waals surface area contributed by atoms with Gasteiger partial charge in [-0.25, -0.2) is 8.42 Å². The van der Waals surface area contributed by atoms with Crippen LogP contribution in [0.4, 0.5) is 0 Å². The first-order chi connectivity index (χ1) is 10.5. The lowest BCUT2D eigenvalue weighted by molar-refractivity contribution is 0.0708. The molecular formula is C16H18N2O3S. The summed E-state index contributed by atoms with van der Waals surface area (Å²) >= 11 is 0. The van der Waals surface area contributed by atoms with Crippen LogP contribution in [-0.2, 0) is 9.84 Å². The lowest BCUT2D eigenvalue weighted by Crippen LogP contribution is -2.39. The lowest BCUT2D eigenvalue weighted by atomic mass is 10.0. The van der Waals surface area contributed by atoms with Gasteiger partial charge in [0.15, 0.2) is 9.84 Å². The zero-order chi connectivity index (χ0) is 15.7. The fourth-order valence-electron chi connectivity index (χ4n) is 2.83. The van der Waals surface area contributed by atoms with Gasteiger partial charge in [0, 0.05) is 35.9 Å². The predicted octanol–water partition coefficient (Wildman–Crippen LogP) is 1.88. The maximum atomic E-state index is 12.9. The summed E-state index contributed by atoms with van der Waals surface area (Å²) in [6.07, 6.45) is 3.87. The van der Waals surface area contributed by atoms with Crippen molar-refractivity contribution in [2.24, 2.45) is 0 Å². The topological polar surface area (TPSA) is 67.3 Å². The van der Waals surface area contributed by atoms with E-state index in [-0.39, 0.29) is 30.0 Å². The molecule has 1 fully saturated rings. The summed E-state index contributed by atoms with van der Waals surface area (Å²) in [4.78, 5) is 18.6. The van der Waals surface area contributed by atoms with Crippen molar-refractivity contribution in [3.8, 4) is 0 Å². The first-order valence-corrected chi connectivity index (χ1v) is 9.14. The number of carbonyl (C=O) groups is 1. The lowest BCUT2D eigenvalue weighted by Gasteiger charge is -2.27. The monoisotopic (exact) mass is 318 g/mol. The molecule has 1 aliphatic rings. The normalized spacial score (nSPS) is 21.5. The van der Waals surface area contributed by atoms with Crippen LogP contribution >= 0.6 is 0 Å². The van der Waals surface area contributed by atoms with Gasteiger partial charge < -0.3 is 4.90 Å². The largest absolute Gasteiger partial charge is 0.335 e. The van der Waals surface area contributed by atoms with Gasteiger partial charge >= 0.3 is 0 Å². The van der Waals surface area contributed by atoms with Crippen molar-refractivity contribution in [3.05, 3.63) is 42.2 Å². The molecule has 1 amide bonds. The molecule has 22 heavy (non-hydrogen) atoms. The van der Waals surface area contributed by atoms with E-state index in [1.165, 1.54) is 0 Å². The summed E-state index contributed by atoms with van der Waals surface area (Å²) < 4.78 is 23.6. The zero-order valence-corrected chi connectivity index (χ0v) is 13.2. The molecule has 0 aliphatic carbocycles. The molecule has 3 rings (SSSR count). The van der Waals surface area contributed by atoms with Crippen molar-refractivity contribution < 1.29 is 13.2 Å². The van der Waals surface area contributed by atoms with Crippen molar-refractivity contribution >= 4 is 26.5 Å². The fraction of sp³-hybridized carbons (Fsp3) is 0.375. The molecule has 0 N–H and O–H groups in total. The van der Waals surface area contributed by atoms with Gasteiger partial charge in [-0.1, -0.05) is 12.1 Å². The Morgan fingerprint density at radius 1 is 1.27 bits per heavy atom. The van der Waals surface area contributed by atoms with Gasteiger partial charge in [-0.3, -0.25) is 9.78 Å². The second-order valence-corrected chi connectivity index (χ2v) is 7.99. The van der Waals surface area contributed by atoms with Crippen LogP contribution in [0.25, 0.3) is 10.8 Å². The smallest absolute Gasteiger partial charge is 0.254 e. The highest BCUT2D eigenvalue weighted by Crippen LogP contribution is 2.22. The molecule has 1 aromatic carbocycles. The van der Waals surface area contributed by atoms with Crippen molar-refractivity contribution in [2.75, 3.05) is 18.1 Å². The summed E-state index contributed by atoms with van der Waals surface area (Å²) in [5, 5.41) is 1.75. The van der Waals surface area contributed by atoms with Gasteiger partial charge in [-0.05, 0) is 30.9 Å². The molecule has 0 spiro atoms. The van der Waals surface area contributed by atoms with E-state index in [0.717, 1.165) is 10.8 Å². The maximum absolute atomic E-state index is 12.9. The Balaban J connectivity index is 1.98. The van der Waals surface area contributed by atoms with Crippen LogP contribution < -0.4 is 0 Å². The molecule has 116 valence electrons. The second kappa shape index (κ2) is 5.68. The van der Waals surface area contributed by atoms with E-state index in [1.807, 2.05) is 25.1 Å². The Bertz CT molecular complexity index is 812. The van der Waals surface area contributed by atoms with E-state index in [1.54, 1.807) is 23.4 Å². The van der Waals surface area contributed by atoms with Crippen LogP contribution in [0.2, 0.25) is 0 Å². The standard InChI is InChI=1S/C16H18N2O3S/c1-12-6-9-22(20,21)10-8-18(12)16(19)15-4-2-3-13-11-17-7-5-14(13)15/h2-5,7,11-12H,6,8-10H2,1H3/t12-/m0/s1. The minimum atomic E-state index is -3.05. The maximum Gasteiger partial charge on any atom is 0.254 e. The van der Waals surface area contributed by atoms with Crippen LogP contribution in [0.3, 0.4) is 0 Å². The molecule has 1 saturated heterocycles. The highest BCUT2D eigenvalue weighted by Gasteiger charge is 2.28. The molecule has 2 aromatic rings. The van der Waals surface area contributed by atoms with Crippen molar-refractivity contribution in [2.45, 2.75) is 19.4 Å². The summed E-state index contributed by atoms with van der Waals surface area (Å²) in [7, 11) is -3.05. The number of sulfone groups is 1. The van der Waals surface area contributed by atoms with E-state index in [0.29, 0.717) is 12.0 Å². The molecule has 1 atom stereocenters. The molecule has 2 heterocycles. The van der Waals surface area contributed by atoms with Gasteiger partial charge in [0.25, 0.3) is 5.91 Å². The average Bonchev–Trinajstić information content (AvgIpc) is 2.65. The third-order valence-corrected chi connectivity index (χ3v) is 5.86. The van der Waals surface area contributed by atoms with E-state index in [4.69, 9.17) is 0 Å². The van der Waals surface area contributed by atoms with E-state index in [9.17, 15) is 13.2 Å². The number of hydrogen-bond donors (Lipinski definition) is 0. The third-order valence-electron chi connectivity index (χ3n) is 4.19. The number of amides is 1. The summed E-state index contributed by atoms with van der Waals surface area (Å²) in [6, 6.07) is 7.27. The molecule has 0 radical (unpaired) electrons. The second-order valence-electron chi connectivity index (χ2n) is 5.69. The SMILES string of the molecule is C[C@H]1CCS(=O)(=O)CCN1C(=O)c1cccc2cnccc12. The van der Waals surface area contributed by atoms with Crippen molar-refractivity contribution in [3.63, 3.8) is 0 Å². The number of hydrogen-bond acceptors (Lipinski definition) is 4. The summed E-state index contributed by atoms with van der Waals surface area (Å²) in [5.74, 6) is 0.0775. The number of fused-ring (bicyclic) bond motifs is 1. The zero-order valence-electron chi connectivity index (χ0n) is 12.4. The first-order valence-electron chi connectivity index (χ1n) is 7.32. The molecule has 1 aliphatic heterocycles. The van der Waals surface area contributed by atoms with E-state index in [2.05, 4.69) is 4.98 Å². The predicted molar refractivity (Wildman–Crippen MR) is 85.5 cm³/mol. The third kappa shape index (κ3) is 2.83. The number of benzene rings is 1. The molecule has 0 unspecified atom stereocenters. The summed E-state index contributed by atoms with van der Waals surface area (Å²) in [6.45, 7) is 2.16. The molecular weight excluding hydrogens is 300 g/mol.